The molecule has 19 heavy (non-hydrogen) atoms. The fourth-order valence-corrected chi connectivity index (χ4v) is 2.73. The van der Waals surface area contributed by atoms with Crippen LogP contribution >= 0.6 is 0 Å². The Hall–Kier alpha value is -1.24. The van der Waals surface area contributed by atoms with E-state index in [1.54, 1.807) is 0 Å². The highest BCUT2D eigenvalue weighted by atomic mass is 19.3. The maximum Gasteiger partial charge on any atom is 0.318 e. The third-order valence-corrected chi connectivity index (χ3v) is 4.11. The summed E-state index contributed by atoms with van der Waals surface area (Å²) in [6.45, 7) is 2.64. The fourth-order valence-electron chi connectivity index (χ4n) is 2.73. The van der Waals surface area contributed by atoms with E-state index >= 15 is 0 Å². The van der Waals surface area contributed by atoms with E-state index in [-0.39, 0.29) is 26.1 Å². The van der Waals surface area contributed by atoms with Gasteiger partial charge in [-0.3, -0.25) is 9.59 Å². The van der Waals surface area contributed by atoms with Crippen molar-refractivity contribution in [2.75, 3.05) is 19.6 Å². The lowest BCUT2D eigenvalue weighted by Crippen LogP contribution is -2.54. The number of carbonyl (C=O) groups excluding carboxylic acids is 1. The highest BCUT2D eigenvalue weighted by Crippen LogP contribution is 2.38. The summed E-state index contributed by atoms with van der Waals surface area (Å²) in [5.41, 5.74) is -1.52. The van der Waals surface area contributed by atoms with Gasteiger partial charge in [-0.25, -0.2) is 8.78 Å². The molecule has 5 nitrogen and oxygen atoms in total. The number of fused-ring (bicyclic) bond motifs is 1. The molecule has 108 valence electrons. The summed E-state index contributed by atoms with van der Waals surface area (Å²) in [5.74, 6) is -5.22. The van der Waals surface area contributed by atoms with Crippen LogP contribution in [0.2, 0.25) is 0 Å². The van der Waals surface area contributed by atoms with Crippen LogP contribution in [0.25, 0.3) is 0 Å². The molecule has 2 saturated heterocycles. The Kier molecular flexibility index (Phi) is 3.28. The van der Waals surface area contributed by atoms with Gasteiger partial charge in [0.25, 0.3) is 5.92 Å². The van der Waals surface area contributed by atoms with Crippen molar-refractivity contribution in [2.24, 2.45) is 11.3 Å². The Labute approximate surface area is 109 Å². The van der Waals surface area contributed by atoms with E-state index in [4.69, 9.17) is 5.11 Å². The van der Waals surface area contributed by atoms with Crippen molar-refractivity contribution in [3.05, 3.63) is 0 Å². The molecule has 2 N–H and O–H groups in total. The highest BCUT2D eigenvalue weighted by Gasteiger charge is 2.53. The lowest BCUT2D eigenvalue weighted by atomic mass is 9.86. The number of piperidine rings is 1. The van der Waals surface area contributed by atoms with Crippen LogP contribution in [0.1, 0.15) is 20.3 Å². The van der Waals surface area contributed by atoms with Gasteiger partial charge in [0.2, 0.25) is 5.91 Å². The summed E-state index contributed by atoms with van der Waals surface area (Å²) in [6, 6.07) is -0.447. The lowest BCUT2D eigenvalue weighted by molar-refractivity contribution is -0.159. The van der Waals surface area contributed by atoms with Crippen LogP contribution in [0.3, 0.4) is 0 Å². The minimum Gasteiger partial charge on any atom is -0.480 e. The van der Waals surface area contributed by atoms with Gasteiger partial charge < -0.3 is 15.3 Å². The van der Waals surface area contributed by atoms with Crippen molar-refractivity contribution in [1.29, 1.82) is 0 Å². The van der Waals surface area contributed by atoms with Gasteiger partial charge in [-0.1, -0.05) is 0 Å². The molecule has 0 aromatic rings. The monoisotopic (exact) mass is 276 g/mol. The van der Waals surface area contributed by atoms with Gasteiger partial charge in [-0.05, 0) is 20.3 Å². The van der Waals surface area contributed by atoms with Crippen LogP contribution in [0.5, 0.6) is 0 Å². The largest absolute Gasteiger partial charge is 0.480 e. The second kappa shape index (κ2) is 4.40. The summed E-state index contributed by atoms with van der Waals surface area (Å²) in [4.78, 5) is 24.6. The van der Waals surface area contributed by atoms with Crippen LogP contribution in [0.4, 0.5) is 8.78 Å². The minimum atomic E-state index is -2.73. The maximum atomic E-state index is 13.5. The van der Waals surface area contributed by atoms with Crippen molar-refractivity contribution in [2.45, 2.75) is 32.2 Å². The zero-order valence-corrected chi connectivity index (χ0v) is 10.9. The molecule has 2 unspecified atom stereocenters. The number of nitrogens with zero attached hydrogens (tertiary/aromatic N) is 1. The SMILES string of the molecule is CC(C)(C(=O)O)C(=O)N1CCC2C(C1)NCC2(F)F. The van der Waals surface area contributed by atoms with Gasteiger partial charge in [-0.15, -0.1) is 0 Å². The predicted octanol–water partition coefficient (Wildman–Crippen LogP) is 0.553. The van der Waals surface area contributed by atoms with Crippen LogP contribution in [-0.2, 0) is 9.59 Å². The second-order valence-corrected chi connectivity index (χ2v) is 5.82. The Bertz CT molecular complexity index is 412. The van der Waals surface area contributed by atoms with Crippen molar-refractivity contribution in [3.8, 4) is 0 Å². The molecular weight excluding hydrogens is 258 g/mol. The Morgan fingerprint density at radius 1 is 1.42 bits per heavy atom. The summed E-state index contributed by atoms with van der Waals surface area (Å²) in [6.07, 6.45) is 0.201. The molecule has 2 fully saturated rings. The lowest BCUT2D eigenvalue weighted by Gasteiger charge is -2.38. The number of likely N-dealkylation sites (tertiary alicyclic amines) is 1. The number of carboxylic acids is 1. The van der Waals surface area contributed by atoms with Crippen LogP contribution < -0.4 is 5.32 Å². The van der Waals surface area contributed by atoms with Crippen molar-refractivity contribution < 1.29 is 23.5 Å². The molecule has 0 aromatic carbocycles. The van der Waals surface area contributed by atoms with Gasteiger partial charge in [0, 0.05) is 25.0 Å². The number of nitrogens with one attached hydrogen (secondary N) is 1. The average molecular weight is 276 g/mol. The predicted molar refractivity (Wildman–Crippen MR) is 62.8 cm³/mol. The molecule has 0 radical (unpaired) electrons. The summed E-state index contributed by atoms with van der Waals surface area (Å²) in [5, 5.41) is 11.8. The number of alkyl halides is 2. The molecular formula is C12H18F2N2O3. The van der Waals surface area contributed by atoms with Crippen LogP contribution in [0.15, 0.2) is 0 Å². The zero-order valence-electron chi connectivity index (χ0n) is 10.9. The van der Waals surface area contributed by atoms with E-state index in [9.17, 15) is 18.4 Å². The first-order chi connectivity index (χ1) is 8.66. The van der Waals surface area contributed by atoms with Gasteiger partial charge in [0.1, 0.15) is 5.41 Å². The highest BCUT2D eigenvalue weighted by molar-refractivity contribution is 6.01. The Morgan fingerprint density at radius 3 is 2.63 bits per heavy atom. The smallest absolute Gasteiger partial charge is 0.318 e. The topological polar surface area (TPSA) is 69.6 Å². The van der Waals surface area contributed by atoms with E-state index in [1.807, 2.05) is 0 Å². The average Bonchev–Trinajstić information content (AvgIpc) is 2.64. The van der Waals surface area contributed by atoms with Gasteiger partial charge >= 0.3 is 5.97 Å². The van der Waals surface area contributed by atoms with E-state index in [1.165, 1.54) is 18.7 Å². The number of rotatable bonds is 2. The third kappa shape index (κ3) is 2.31. The number of carboxylic acid groups (broad SMARTS) is 1. The first kappa shape index (κ1) is 14.2. The van der Waals surface area contributed by atoms with E-state index in [2.05, 4.69) is 5.32 Å². The first-order valence-electron chi connectivity index (χ1n) is 6.30. The molecule has 0 saturated carbocycles. The van der Waals surface area contributed by atoms with Crippen molar-refractivity contribution in [3.63, 3.8) is 0 Å². The summed E-state index contributed by atoms with van der Waals surface area (Å²) < 4.78 is 27.0. The second-order valence-electron chi connectivity index (χ2n) is 5.82. The Balaban J connectivity index is 2.07. The van der Waals surface area contributed by atoms with E-state index < -0.39 is 35.2 Å². The molecule has 2 aliphatic rings. The molecule has 7 heteroatoms. The van der Waals surface area contributed by atoms with Crippen molar-refractivity contribution >= 4 is 11.9 Å². The van der Waals surface area contributed by atoms with Gasteiger partial charge in [-0.2, -0.15) is 0 Å². The minimum absolute atomic E-state index is 0.149. The summed E-state index contributed by atoms with van der Waals surface area (Å²) >= 11 is 0. The standard InChI is InChI=1S/C12H18F2N2O3/c1-11(2,10(18)19)9(17)16-4-3-7-8(5-16)15-6-12(7,13)14/h7-8,15H,3-6H2,1-2H3,(H,18,19). The fraction of sp³-hybridized carbons (Fsp3) is 0.833. The molecule has 0 aliphatic carbocycles. The Morgan fingerprint density at radius 2 is 2.05 bits per heavy atom. The summed E-state index contributed by atoms with van der Waals surface area (Å²) in [7, 11) is 0. The number of carbonyl (C=O) groups is 2. The number of aliphatic carboxylic acids is 1. The molecule has 2 rings (SSSR count). The molecule has 1 amide bonds. The molecule has 2 atom stereocenters. The molecule has 2 heterocycles. The number of hydrogen-bond donors (Lipinski definition) is 2. The number of halogens is 2. The third-order valence-electron chi connectivity index (χ3n) is 4.11. The molecule has 0 spiro atoms. The normalized spacial score (nSPS) is 30.0. The van der Waals surface area contributed by atoms with E-state index in [0.29, 0.717) is 0 Å². The van der Waals surface area contributed by atoms with Gasteiger partial charge in [0.05, 0.1) is 6.54 Å². The first-order valence-corrected chi connectivity index (χ1v) is 6.30. The number of hydrogen-bond acceptors (Lipinski definition) is 3. The molecule has 2 aliphatic heterocycles. The van der Waals surface area contributed by atoms with Crippen LogP contribution in [0, 0.1) is 11.3 Å². The van der Waals surface area contributed by atoms with Crippen molar-refractivity contribution in [1.82, 2.24) is 10.2 Å². The number of amides is 1. The molecule has 0 aromatic heterocycles. The quantitative estimate of drug-likeness (QED) is 0.723. The van der Waals surface area contributed by atoms with Gasteiger partial charge in [0.15, 0.2) is 0 Å². The molecule has 0 bridgehead atoms. The van der Waals surface area contributed by atoms with Crippen LogP contribution in [-0.4, -0.2) is 53.5 Å². The zero-order chi connectivity index (χ0) is 14.4. The maximum absolute atomic E-state index is 13.5. The van der Waals surface area contributed by atoms with E-state index in [0.717, 1.165) is 0 Å².